The molecule has 0 saturated carbocycles. The van der Waals surface area contributed by atoms with Crippen molar-refractivity contribution in [1.29, 1.82) is 0 Å². The summed E-state index contributed by atoms with van der Waals surface area (Å²) in [5, 5.41) is 8.65. The molecule has 0 aromatic rings. The highest BCUT2D eigenvalue weighted by atomic mass is 16.2. The van der Waals surface area contributed by atoms with Gasteiger partial charge < -0.3 is 5.11 Å². The molecule has 0 radical (unpaired) electrons. The van der Waals surface area contributed by atoms with Crippen LogP contribution in [-0.2, 0) is 0 Å². The van der Waals surface area contributed by atoms with E-state index in [1.54, 1.807) is 0 Å². The van der Waals surface area contributed by atoms with Crippen LogP contribution in [0.5, 0.6) is 0 Å². The molecule has 18 heavy (non-hydrogen) atoms. The number of aliphatic hydroxyl groups excluding tert-OH is 1. The quantitative estimate of drug-likeness (QED) is 0.315. The van der Waals surface area contributed by atoms with Gasteiger partial charge in [-0.2, -0.15) is 0 Å². The predicted molar refractivity (Wildman–Crippen MR) is 81.9 cm³/mol. The number of hydrogen-bond donors (Lipinski definition) is 1. The Morgan fingerprint density at radius 2 is 1.06 bits per heavy atom. The summed E-state index contributed by atoms with van der Waals surface area (Å²) in [5.74, 6) is 0. The molecule has 0 atom stereocenters. The highest BCUT2D eigenvalue weighted by molar-refractivity contribution is 4.81. The first-order chi connectivity index (χ1) is 8.91. The minimum atomic E-state index is 0.366. The van der Waals surface area contributed by atoms with Crippen LogP contribution in [0.15, 0.2) is 12.2 Å². The van der Waals surface area contributed by atoms with Crippen molar-refractivity contribution in [2.24, 2.45) is 0 Å². The van der Waals surface area contributed by atoms with Crippen LogP contribution < -0.4 is 0 Å². The Hall–Kier alpha value is -0.300. The Balaban J connectivity index is 2.98. The molecule has 0 saturated heterocycles. The number of rotatable bonds is 14. The van der Waals surface area contributed by atoms with Gasteiger partial charge in [0.25, 0.3) is 0 Å². The summed E-state index contributed by atoms with van der Waals surface area (Å²) >= 11 is 0. The molecule has 0 aromatic carbocycles. The van der Waals surface area contributed by atoms with Crippen LogP contribution in [0.2, 0.25) is 0 Å². The Kier molecular flexibility index (Phi) is 16.4. The lowest BCUT2D eigenvalue weighted by Crippen LogP contribution is -1.84. The molecule has 0 bridgehead atoms. The smallest absolute Gasteiger partial charge is 0.0431 e. The van der Waals surface area contributed by atoms with Crippen LogP contribution in [0.3, 0.4) is 0 Å². The van der Waals surface area contributed by atoms with Gasteiger partial charge in [-0.05, 0) is 32.1 Å². The van der Waals surface area contributed by atoms with Gasteiger partial charge in [0.2, 0.25) is 0 Å². The summed E-state index contributed by atoms with van der Waals surface area (Å²) in [6.07, 6.45) is 21.7. The summed E-state index contributed by atoms with van der Waals surface area (Å²) in [6, 6.07) is 0. The summed E-state index contributed by atoms with van der Waals surface area (Å²) in [7, 11) is 0. The van der Waals surface area contributed by atoms with Gasteiger partial charge in [0, 0.05) is 6.61 Å². The van der Waals surface area contributed by atoms with Crippen LogP contribution in [-0.4, -0.2) is 11.7 Å². The normalized spacial score (nSPS) is 11.4. The van der Waals surface area contributed by atoms with Crippen LogP contribution in [0.25, 0.3) is 0 Å². The van der Waals surface area contributed by atoms with Crippen LogP contribution in [0.4, 0.5) is 0 Å². The van der Waals surface area contributed by atoms with Gasteiger partial charge in [-0.15, -0.1) is 0 Å². The SMILES string of the molecule is CCCCCC=CCCCCCCCCCCO. The minimum Gasteiger partial charge on any atom is -0.396 e. The molecular formula is C17H34O. The van der Waals surface area contributed by atoms with Crippen molar-refractivity contribution in [2.75, 3.05) is 6.61 Å². The van der Waals surface area contributed by atoms with Gasteiger partial charge >= 0.3 is 0 Å². The van der Waals surface area contributed by atoms with Gasteiger partial charge in [-0.3, -0.25) is 0 Å². The fourth-order valence-corrected chi connectivity index (χ4v) is 2.18. The van der Waals surface area contributed by atoms with E-state index in [9.17, 15) is 0 Å². The third kappa shape index (κ3) is 15.7. The lowest BCUT2D eigenvalue weighted by atomic mass is 10.1. The Morgan fingerprint density at radius 1 is 0.611 bits per heavy atom. The zero-order valence-corrected chi connectivity index (χ0v) is 12.5. The molecule has 0 rings (SSSR count). The zero-order valence-electron chi connectivity index (χ0n) is 12.5. The molecule has 1 N–H and O–H groups in total. The van der Waals surface area contributed by atoms with Crippen molar-refractivity contribution < 1.29 is 5.11 Å². The fourth-order valence-electron chi connectivity index (χ4n) is 2.18. The van der Waals surface area contributed by atoms with E-state index in [0.717, 1.165) is 6.42 Å². The molecule has 0 heterocycles. The lowest BCUT2D eigenvalue weighted by molar-refractivity contribution is 0.282. The Labute approximate surface area is 115 Å². The predicted octanol–water partition coefficient (Wildman–Crippen LogP) is 5.63. The maximum absolute atomic E-state index is 8.65. The summed E-state index contributed by atoms with van der Waals surface area (Å²) in [4.78, 5) is 0. The average Bonchev–Trinajstić information content (AvgIpc) is 2.39. The second-order valence-corrected chi connectivity index (χ2v) is 5.31. The monoisotopic (exact) mass is 254 g/mol. The maximum Gasteiger partial charge on any atom is 0.0431 e. The zero-order chi connectivity index (χ0) is 13.3. The van der Waals surface area contributed by atoms with E-state index in [0.29, 0.717) is 6.61 Å². The van der Waals surface area contributed by atoms with E-state index in [1.165, 1.54) is 77.0 Å². The molecule has 0 aliphatic rings. The first-order valence-electron chi connectivity index (χ1n) is 8.17. The second-order valence-electron chi connectivity index (χ2n) is 5.31. The van der Waals surface area contributed by atoms with Crippen molar-refractivity contribution >= 4 is 0 Å². The molecule has 108 valence electrons. The first kappa shape index (κ1) is 17.7. The minimum absolute atomic E-state index is 0.366. The second kappa shape index (κ2) is 16.7. The lowest BCUT2D eigenvalue weighted by Gasteiger charge is -2.00. The molecule has 0 unspecified atom stereocenters. The highest BCUT2D eigenvalue weighted by Crippen LogP contribution is 2.10. The van der Waals surface area contributed by atoms with Gasteiger partial charge in [0.1, 0.15) is 0 Å². The largest absolute Gasteiger partial charge is 0.396 e. The van der Waals surface area contributed by atoms with E-state index in [-0.39, 0.29) is 0 Å². The average molecular weight is 254 g/mol. The van der Waals surface area contributed by atoms with Gasteiger partial charge in [0.05, 0.1) is 0 Å². The molecule has 0 fully saturated rings. The van der Waals surface area contributed by atoms with Crippen molar-refractivity contribution in [3.63, 3.8) is 0 Å². The van der Waals surface area contributed by atoms with Gasteiger partial charge in [0.15, 0.2) is 0 Å². The molecule has 0 spiro atoms. The van der Waals surface area contributed by atoms with Crippen molar-refractivity contribution in [3.8, 4) is 0 Å². The Bertz CT molecular complexity index is 163. The van der Waals surface area contributed by atoms with Crippen LogP contribution >= 0.6 is 0 Å². The third-order valence-corrected chi connectivity index (χ3v) is 3.42. The molecule has 0 amide bonds. The van der Waals surface area contributed by atoms with Crippen molar-refractivity contribution in [3.05, 3.63) is 12.2 Å². The van der Waals surface area contributed by atoms with E-state index in [1.807, 2.05) is 0 Å². The van der Waals surface area contributed by atoms with Crippen LogP contribution in [0.1, 0.15) is 90.4 Å². The standard InChI is InChI=1S/C17H34O/c1-2-3-4-5-6-7-8-9-10-11-12-13-14-15-16-17-18/h6-7,18H,2-5,8-17H2,1H3. The van der Waals surface area contributed by atoms with E-state index in [2.05, 4.69) is 19.1 Å². The van der Waals surface area contributed by atoms with E-state index < -0.39 is 0 Å². The number of hydrogen-bond acceptors (Lipinski definition) is 1. The number of unbranched alkanes of at least 4 members (excludes halogenated alkanes) is 11. The molecule has 0 aromatic heterocycles. The first-order valence-corrected chi connectivity index (χ1v) is 8.17. The Morgan fingerprint density at radius 3 is 1.56 bits per heavy atom. The summed E-state index contributed by atoms with van der Waals surface area (Å²) in [6.45, 7) is 2.62. The topological polar surface area (TPSA) is 20.2 Å². The van der Waals surface area contributed by atoms with Gasteiger partial charge in [-0.1, -0.05) is 70.4 Å². The molecule has 0 aliphatic heterocycles. The molecule has 0 aliphatic carbocycles. The summed E-state index contributed by atoms with van der Waals surface area (Å²) in [5.41, 5.74) is 0. The highest BCUT2D eigenvalue weighted by Gasteiger charge is 1.91. The fraction of sp³-hybridized carbons (Fsp3) is 0.882. The van der Waals surface area contributed by atoms with E-state index in [4.69, 9.17) is 5.11 Å². The number of aliphatic hydroxyl groups is 1. The molecule has 1 nitrogen and oxygen atoms in total. The van der Waals surface area contributed by atoms with Crippen molar-refractivity contribution in [1.82, 2.24) is 0 Å². The maximum atomic E-state index is 8.65. The van der Waals surface area contributed by atoms with Crippen LogP contribution in [0, 0.1) is 0 Å². The number of allylic oxidation sites excluding steroid dienone is 2. The van der Waals surface area contributed by atoms with Crippen molar-refractivity contribution in [2.45, 2.75) is 90.4 Å². The van der Waals surface area contributed by atoms with E-state index >= 15 is 0 Å². The molecular weight excluding hydrogens is 220 g/mol. The van der Waals surface area contributed by atoms with Gasteiger partial charge in [-0.25, -0.2) is 0 Å². The summed E-state index contributed by atoms with van der Waals surface area (Å²) < 4.78 is 0. The third-order valence-electron chi connectivity index (χ3n) is 3.42. The molecule has 1 heteroatoms.